The lowest BCUT2D eigenvalue weighted by molar-refractivity contribution is -0.452. The van der Waals surface area contributed by atoms with Crippen LogP contribution in [0.1, 0.15) is 6.92 Å². The Kier molecular flexibility index (Phi) is 5.37. The van der Waals surface area contributed by atoms with E-state index in [0.29, 0.717) is 0 Å². The van der Waals surface area contributed by atoms with Crippen LogP contribution in [0, 0.1) is 12.0 Å². The van der Waals surface area contributed by atoms with Crippen LogP contribution in [0.3, 0.4) is 0 Å². The molecule has 0 fully saturated rings. The summed E-state index contributed by atoms with van der Waals surface area (Å²) in [5.74, 6) is 2.96. The van der Waals surface area contributed by atoms with E-state index in [9.17, 15) is 0 Å². The van der Waals surface area contributed by atoms with E-state index in [-0.39, 0.29) is 0 Å². The van der Waals surface area contributed by atoms with Crippen LogP contribution in [0.25, 0.3) is 0 Å². The highest BCUT2D eigenvalue weighted by Crippen LogP contribution is 2.53. The van der Waals surface area contributed by atoms with Gasteiger partial charge in [-0.25, -0.2) is 18.3 Å². The lowest BCUT2D eigenvalue weighted by Gasteiger charge is -2.36. The summed E-state index contributed by atoms with van der Waals surface area (Å²) in [6, 6.07) is 3.14. The molecule has 88 valence electrons. The standard InChI is InChI=1S/C10H24N4P/c1-9-10-14(8)15(11(2)3,12(4)5)13(6)7/h1-8H3/q+1. The van der Waals surface area contributed by atoms with E-state index in [1.807, 2.05) is 14.0 Å². The predicted molar refractivity (Wildman–Crippen MR) is 67.6 cm³/mol. The molecular weight excluding hydrogens is 207 g/mol. The number of rotatable bonds is 3. The largest absolute Gasteiger partial charge is 0.343 e. The van der Waals surface area contributed by atoms with Crippen molar-refractivity contribution in [1.29, 1.82) is 0 Å². The maximum Gasteiger partial charge on any atom is 0.343 e. The first kappa shape index (κ1) is 14.5. The molecule has 0 bridgehead atoms. The zero-order valence-corrected chi connectivity index (χ0v) is 12.1. The Morgan fingerprint density at radius 2 is 1.33 bits per heavy atom. The Balaban J connectivity index is 5.75. The SMILES string of the molecule is CC#CN(C)P(N(C)C)(N(C)C)=[N+](C)C. The Bertz CT molecular complexity index is 306. The van der Waals surface area contributed by atoms with Gasteiger partial charge in [-0.05, 0) is 35.1 Å². The molecule has 0 N–H and O–H groups in total. The van der Waals surface area contributed by atoms with Gasteiger partial charge in [0.2, 0.25) is 0 Å². The third kappa shape index (κ3) is 2.55. The summed E-state index contributed by atoms with van der Waals surface area (Å²) >= 11 is 0. The van der Waals surface area contributed by atoms with Crippen LogP contribution in [0.5, 0.6) is 0 Å². The van der Waals surface area contributed by atoms with Gasteiger partial charge in [0.15, 0.2) is 0 Å². The van der Waals surface area contributed by atoms with Crippen molar-refractivity contribution in [2.24, 2.45) is 0 Å². The number of nitrogens with zero attached hydrogens (tertiary/aromatic N) is 4. The van der Waals surface area contributed by atoms with E-state index in [1.54, 1.807) is 0 Å². The lowest BCUT2D eigenvalue weighted by atomic mass is 10.8. The molecule has 15 heavy (non-hydrogen) atoms. The number of hydrogen-bond donors (Lipinski definition) is 0. The van der Waals surface area contributed by atoms with Crippen LogP contribution < -0.4 is 0 Å². The van der Waals surface area contributed by atoms with Crippen LogP contribution in [0.15, 0.2) is 0 Å². The normalized spacial score (nSPS) is 11.3. The quantitative estimate of drug-likeness (QED) is 0.412. The molecule has 0 radical (unpaired) electrons. The summed E-state index contributed by atoms with van der Waals surface area (Å²) in [4.78, 5) is 0. The second-order valence-electron chi connectivity index (χ2n) is 3.96. The lowest BCUT2D eigenvalue weighted by Crippen LogP contribution is -2.34. The first-order chi connectivity index (χ1) is 6.81. The highest BCUT2D eigenvalue weighted by molar-refractivity contribution is 7.56. The second-order valence-corrected chi connectivity index (χ2v) is 8.04. The van der Waals surface area contributed by atoms with Gasteiger partial charge in [0.25, 0.3) is 0 Å². The van der Waals surface area contributed by atoms with Crippen molar-refractivity contribution < 1.29 is 4.33 Å². The summed E-state index contributed by atoms with van der Waals surface area (Å²) in [7, 11) is 13.0. The minimum absolute atomic E-state index is 1.66. The fraction of sp³-hybridized carbons (Fsp3) is 0.800. The van der Waals surface area contributed by atoms with Crippen molar-refractivity contribution >= 4 is 7.51 Å². The minimum Gasteiger partial charge on any atom is -0.242 e. The summed E-state index contributed by atoms with van der Waals surface area (Å²) in [6.45, 7) is 1.87. The van der Waals surface area contributed by atoms with Crippen molar-refractivity contribution in [3.63, 3.8) is 0 Å². The smallest absolute Gasteiger partial charge is 0.242 e. The Morgan fingerprint density at radius 1 is 0.933 bits per heavy atom. The van der Waals surface area contributed by atoms with Crippen molar-refractivity contribution in [1.82, 2.24) is 14.0 Å². The van der Waals surface area contributed by atoms with E-state index in [0.717, 1.165) is 0 Å². The molecule has 0 heterocycles. The molecule has 0 amide bonds. The summed E-state index contributed by atoms with van der Waals surface area (Å²) in [5, 5.41) is 0. The van der Waals surface area contributed by atoms with Crippen molar-refractivity contribution in [3.05, 3.63) is 0 Å². The number of hydrogen-bond acceptors (Lipinski definition) is 0. The van der Waals surface area contributed by atoms with Gasteiger partial charge in [-0.1, -0.05) is 5.92 Å². The van der Waals surface area contributed by atoms with Gasteiger partial charge >= 0.3 is 7.51 Å². The van der Waals surface area contributed by atoms with Gasteiger partial charge in [-0.3, -0.25) is 0 Å². The highest BCUT2D eigenvalue weighted by Gasteiger charge is 2.38. The summed E-state index contributed by atoms with van der Waals surface area (Å²) < 4.78 is 8.86. The minimum atomic E-state index is -1.66. The third-order valence-corrected chi connectivity index (χ3v) is 6.41. The molecule has 0 aromatic carbocycles. The molecule has 0 aliphatic carbocycles. The molecule has 5 heteroatoms. The first-order valence-electron chi connectivity index (χ1n) is 4.90. The monoisotopic (exact) mass is 231 g/mol. The van der Waals surface area contributed by atoms with E-state index in [2.05, 4.69) is 72.6 Å². The molecule has 0 aromatic rings. The van der Waals surface area contributed by atoms with E-state index in [1.165, 1.54) is 0 Å². The molecule has 0 atom stereocenters. The van der Waals surface area contributed by atoms with Gasteiger partial charge in [0, 0.05) is 13.1 Å². The van der Waals surface area contributed by atoms with E-state index in [4.69, 9.17) is 0 Å². The molecule has 4 nitrogen and oxygen atoms in total. The Labute approximate surface area is 94.7 Å². The Morgan fingerprint density at radius 3 is 1.53 bits per heavy atom. The van der Waals surface area contributed by atoms with Crippen LogP contribution in [-0.4, -0.2) is 67.7 Å². The summed E-state index contributed by atoms with van der Waals surface area (Å²) in [6.07, 6.45) is 0. The second kappa shape index (κ2) is 5.55. The van der Waals surface area contributed by atoms with Gasteiger partial charge in [-0.15, -0.1) is 0 Å². The zero-order chi connectivity index (χ0) is 12.2. The predicted octanol–water partition coefficient (Wildman–Crippen LogP) is 1.24. The average Bonchev–Trinajstić information content (AvgIpc) is 2.02. The molecule has 0 unspecified atom stereocenters. The van der Waals surface area contributed by atoms with Gasteiger partial charge in [0.05, 0.1) is 0 Å². The molecular formula is C10H24N4P+. The highest BCUT2D eigenvalue weighted by atomic mass is 31.2. The third-order valence-electron chi connectivity index (χ3n) is 2.29. The fourth-order valence-electron chi connectivity index (χ4n) is 2.11. The van der Waals surface area contributed by atoms with Crippen LogP contribution in [-0.2, 0) is 0 Å². The van der Waals surface area contributed by atoms with Gasteiger partial charge in [-0.2, -0.15) is 0 Å². The molecule has 0 aliphatic heterocycles. The van der Waals surface area contributed by atoms with Crippen molar-refractivity contribution in [2.45, 2.75) is 6.92 Å². The molecule has 0 spiro atoms. The van der Waals surface area contributed by atoms with Gasteiger partial charge in [0.1, 0.15) is 14.1 Å². The maximum atomic E-state index is 3.14. The summed E-state index contributed by atoms with van der Waals surface area (Å²) in [5.41, 5.74) is 0. The van der Waals surface area contributed by atoms with Crippen LogP contribution in [0.2, 0.25) is 0 Å². The fourth-order valence-corrected chi connectivity index (χ4v) is 6.10. The first-order valence-corrected chi connectivity index (χ1v) is 6.50. The molecule has 0 saturated carbocycles. The van der Waals surface area contributed by atoms with Crippen LogP contribution >= 0.6 is 7.51 Å². The molecule has 0 aliphatic rings. The average molecular weight is 231 g/mol. The van der Waals surface area contributed by atoms with Crippen LogP contribution in [0.4, 0.5) is 0 Å². The van der Waals surface area contributed by atoms with Crippen molar-refractivity contribution in [2.75, 3.05) is 49.3 Å². The van der Waals surface area contributed by atoms with E-state index < -0.39 is 7.51 Å². The van der Waals surface area contributed by atoms with Crippen molar-refractivity contribution in [3.8, 4) is 12.0 Å². The Hall–Kier alpha value is -0.490. The zero-order valence-electron chi connectivity index (χ0n) is 11.2. The molecule has 0 aromatic heterocycles. The van der Waals surface area contributed by atoms with E-state index >= 15 is 0 Å². The maximum absolute atomic E-state index is 3.14. The molecule has 0 saturated heterocycles. The van der Waals surface area contributed by atoms with Gasteiger partial charge < -0.3 is 0 Å². The topological polar surface area (TPSA) is 12.7 Å². The molecule has 0 rings (SSSR count).